The van der Waals surface area contributed by atoms with Gasteiger partial charge in [-0.1, -0.05) is 203 Å². The van der Waals surface area contributed by atoms with Crippen LogP contribution in [0.1, 0.15) is 100 Å². The normalized spacial score (nSPS) is 14.3. The van der Waals surface area contributed by atoms with E-state index >= 15 is 0 Å². The molecule has 0 amide bonds. The Morgan fingerprint density at radius 2 is 1.12 bits per heavy atom. The Hall–Kier alpha value is -9.00. The minimum Gasteiger partial charge on any atom is -0.458 e. The van der Waals surface area contributed by atoms with Crippen LogP contribution in [0.5, 0.6) is 11.5 Å². The first-order valence-electron chi connectivity index (χ1n) is 30.5. The van der Waals surface area contributed by atoms with Crippen LogP contribution in [0.25, 0.3) is 99.8 Å². The largest absolute Gasteiger partial charge is 0.458 e. The highest BCUT2D eigenvalue weighted by Gasteiger charge is 2.27. The molecule has 1 unspecified atom stereocenters. The standard InChI is InChI=1S/C74H67N5O/c1-48(72(2,3)4)50-38-39-75-70(42-50)79-66-37-34-55(78-64-30-16-14-26-60(64)61-27-15-17-31-65(61)78)45-63(66)62-36-35-57(46-69(62)79)80-56-25-20-24-54(44-56)76-47-77(68-33-19-18-32-67(68)76)71-58(49-22-12-11-13-23-49)28-21-29-59(71)51-40-52(73(5,6)7)43-53(41-51)74(8,9)10/h11-46,48H,1-10H3/i11D,12D,13D,22D,23D,48D. The minimum atomic E-state index is -0.918. The maximum absolute atomic E-state index is 9.62. The molecule has 0 radical (unpaired) electrons. The highest BCUT2D eigenvalue weighted by molar-refractivity contribution is 6.12. The predicted octanol–water partition coefficient (Wildman–Crippen LogP) is 19.2. The fourth-order valence-electron chi connectivity index (χ4n) is 11.3. The number of ether oxygens (including phenoxy) is 1. The number of para-hydroxylation sites is 5. The van der Waals surface area contributed by atoms with Crippen molar-refractivity contribution in [1.82, 2.24) is 18.7 Å². The summed E-state index contributed by atoms with van der Waals surface area (Å²) >= 11 is 0. The van der Waals surface area contributed by atoms with E-state index in [2.05, 4.69) is 187 Å². The molecular weight excluding hydrogens is 975 g/mol. The van der Waals surface area contributed by atoms with Gasteiger partial charge in [0.1, 0.15) is 17.3 Å². The number of aromatic nitrogens is 5. The zero-order valence-electron chi connectivity index (χ0n) is 53.0. The summed E-state index contributed by atoms with van der Waals surface area (Å²) in [6.45, 7) is 21.5. The second-order valence-electron chi connectivity index (χ2n) is 24.2. The van der Waals surface area contributed by atoms with Crippen LogP contribution in [0.3, 0.4) is 0 Å². The first kappa shape index (κ1) is 43.9. The summed E-state index contributed by atoms with van der Waals surface area (Å²) < 4.78 is 69.8. The number of rotatable bonds is 9. The molecule has 0 N–H and O–H groups in total. The first-order chi connectivity index (χ1) is 40.9. The van der Waals surface area contributed by atoms with Crippen LogP contribution >= 0.6 is 0 Å². The summed E-state index contributed by atoms with van der Waals surface area (Å²) in [5.41, 5.74) is 12.9. The van der Waals surface area contributed by atoms with Gasteiger partial charge in [0.15, 0.2) is 0 Å². The number of hydrogen-bond acceptors (Lipinski definition) is 2. The maximum atomic E-state index is 9.62. The van der Waals surface area contributed by atoms with Crippen molar-refractivity contribution in [2.45, 2.75) is 86.0 Å². The Morgan fingerprint density at radius 1 is 0.512 bits per heavy atom. The molecule has 0 saturated carbocycles. The molecule has 9 aromatic carbocycles. The van der Waals surface area contributed by atoms with Gasteiger partial charge in [0.2, 0.25) is 0 Å². The molecule has 4 heterocycles. The molecule has 394 valence electrons. The van der Waals surface area contributed by atoms with Crippen molar-refractivity contribution in [3.05, 3.63) is 241 Å². The van der Waals surface area contributed by atoms with E-state index in [0.29, 0.717) is 28.6 Å². The molecule has 6 heteroatoms. The third kappa shape index (κ3) is 8.84. The second kappa shape index (κ2) is 19.1. The van der Waals surface area contributed by atoms with E-state index in [1.807, 2.05) is 95.1 Å². The molecule has 0 fully saturated rings. The highest BCUT2D eigenvalue weighted by atomic mass is 16.5. The third-order valence-electron chi connectivity index (χ3n) is 16.0. The van der Waals surface area contributed by atoms with Gasteiger partial charge in [0.05, 0.1) is 51.3 Å². The van der Waals surface area contributed by atoms with Gasteiger partial charge in [-0.15, -0.1) is 0 Å². The molecule has 1 atom stereocenters. The Kier molecular flexibility index (Phi) is 10.5. The molecule has 4 aromatic heterocycles. The molecule has 6 nitrogen and oxygen atoms in total. The van der Waals surface area contributed by atoms with E-state index in [0.717, 1.165) is 83.1 Å². The van der Waals surface area contributed by atoms with Crippen LogP contribution in [0.15, 0.2) is 218 Å². The molecule has 0 saturated heterocycles. The van der Waals surface area contributed by atoms with E-state index < -0.39 is 24.0 Å². The van der Waals surface area contributed by atoms with Crippen molar-refractivity contribution in [3.8, 4) is 56.6 Å². The summed E-state index contributed by atoms with van der Waals surface area (Å²) in [5, 5.41) is 4.44. The van der Waals surface area contributed by atoms with Crippen LogP contribution in [0.2, 0.25) is 0 Å². The summed E-state index contributed by atoms with van der Waals surface area (Å²) in [6.07, 6.45) is 5.54. The number of hydrogen-bond donors (Lipinski definition) is 0. The van der Waals surface area contributed by atoms with Crippen LogP contribution in [-0.4, -0.2) is 18.7 Å². The average Bonchev–Trinajstić information content (AvgIpc) is 1.69. The Labute approximate surface area is 478 Å². The van der Waals surface area contributed by atoms with E-state index in [1.54, 1.807) is 0 Å². The molecule has 0 aliphatic rings. The molecule has 13 rings (SSSR count). The summed E-state index contributed by atoms with van der Waals surface area (Å²) in [6, 6.07) is 60.6. The summed E-state index contributed by atoms with van der Waals surface area (Å²) in [4.78, 5) is 5.01. The SMILES string of the molecule is [2H]c1c([2H])c([2H])c(-c2cccc(-c3cc(C(C)(C)C)cc(C(C)(C)C)c3)c2-[n+]2[c-]n(-c3cccc(Oc4ccc5c6cc(-n7c8ccccc8c8ccccc87)ccc6n(-c6cc(C([2H])(C)C(C)(C)C)ccn6)c5c4)c3)c3ccccc32)c([2H])c1[2H]. The number of nitrogens with zero attached hydrogens (tertiary/aromatic N) is 5. The van der Waals surface area contributed by atoms with Crippen LogP contribution in [0, 0.1) is 11.7 Å². The lowest BCUT2D eigenvalue weighted by Crippen LogP contribution is -2.31. The molecule has 0 aliphatic carbocycles. The molecule has 0 bridgehead atoms. The molecule has 80 heavy (non-hydrogen) atoms. The van der Waals surface area contributed by atoms with Gasteiger partial charge in [-0.05, 0) is 134 Å². The second-order valence-corrected chi connectivity index (χ2v) is 24.2. The fourth-order valence-corrected chi connectivity index (χ4v) is 11.3. The van der Waals surface area contributed by atoms with Crippen LogP contribution in [0.4, 0.5) is 0 Å². The molecular formula is C74H67N5O. The van der Waals surface area contributed by atoms with Gasteiger partial charge < -0.3 is 9.30 Å². The van der Waals surface area contributed by atoms with Crippen molar-refractivity contribution in [2.75, 3.05) is 0 Å². The number of fused-ring (bicyclic) bond motifs is 7. The highest BCUT2D eigenvalue weighted by Crippen LogP contribution is 2.42. The van der Waals surface area contributed by atoms with Gasteiger partial charge in [-0.2, -0.15) is 0 Å². The smallest absolute Gasteiger partial charge is 0.269 e. The van der Waals surface area contributed by atoms with Gasteiger partial charge in [0, 0.05) is 40.9 Å². The number of benzene rings is 9. The zero-order chi connectivity index (χ0) is 60.5. The monoisotopic (exact) mass is 1050 g/mol. The quantitative estimate of drug-likeness (QED) is 0.107. The van der Waals surface area contributed by atoms with E-state index in [4.69, 9.17) is 13.8 Å². The Morgan fingerprint density at radius 3 is 1.81 bits per heavy atom. The van der Waals surface area contributed by atoms with E-state index in [9.17, 15) is 4.11 Å². The van der Waals surface area contributed by atoms with Crippen LogP contribution < -0.4 is 9.30 Å². The lowest BCUT2D eigenvalue weighted by molar-refractivity contribution is -0.571. The average molecular weight is 1050 g/mol. The van der Waals surface area contributed by atoms with Crippen molar-refractivity contribution < 1.29 is 17.5 Å². The summed E-state index contributed by atoms with van der Waals surface area (Å²) in [5.74, 6) is 0.974. The van der Waals surface area contributed by atoms with Crippen molar-refractivity contribution in [2.24, 2.45) is 5.41 Å². The van der Waals surface area contributed by atoms with Gasteiger partial charge >= 0.3 is 0 Å². The number of pyridine rings is 1. The predicted molar refractivity (Wildman–Crippen MR) is 333 cm³/mol. The molecule has 0 spiro atoms. The topological polar surface area (TPSA) is 40.8 Å². The molecule has 13 aromatic rings. The van der Waals surface area contributed by atoms with Gasteiger partial charge in [0.25, 0.3) is 6.33 Å². The van der Waals surface area contributed by atoms with Crippen molar-refractivity contribution in [1.29, 1.82) is 0 Å². The Balaban J connectivity index is 0.971. The van der Waals surface area contributed by atoms with Crippen LogP contribution in [-0.2, 0) is 10.8 Å². The number of imidazole rings is 1. The fraction of sp³-hybridized carbons (Fsp3) is 0.189. The lowest BCUT2D eigenvalue weighted by atomic mass is 9.78. The zero-order valence-corrected chi connectivity index (χ0v) is 47.0. The lowest BCUT2D eigenvalue weighted by Gasteiger charge is -2.27. The van der Waals surface area contributed by atoms with E-state index in [-0.39, 0.29) is 33.9 Å². The maximum Gasteiger partial charge on any atom is 0.269 e. The van der Waals surface area contributed by atoms with Gasteiger partial charge in [-0.3, -0.25) is 13.7 Å². The Bertz CT molecular complexity index is 4800. The first-order valence-corrected chi connectivity index (χ1v) is 27.5. The van der Waals surface area contributed by atoms with Gasteiger partial charge in [-0.25, -0.2) is 4.98 Å². The third-order valence-corrected chi connectivity index (χ3v) is 16.0. The molecule has 0 aliphatic heterocycles. The minimum absolute atomic E-state index is 0.104. The van der Waals surface area contributed by atoms with E-state index in [1.165, 1.54) is 10.8 Å². The summed E-state index contributed by atoms with van der Waals surface area (Å²) in [7, 11) is 0. The van der Waals surface area contributed by atoms with Crippen molar-refractivity contribution in [3.63, 3.8) is 0 Å². The van der Waals surface area contributed by atoms with Crippen molar-refractivity contribution >= 4 is 54.6 Å².